The molecule has 0 unspecified atom stereocenters. The molecular weight excluding hydrogens is 240 g/mol. The first-order valence-electron chi connectivity index (χ1n) is 5.30. The summed E-state index contributed by atoms with van der Waals surface area (Å²) in [5.74, 6) is -0.319. The third-order valence-electron chi connectivity index (χ3n) is 2.08. The number of sulfonamides is 1. The number of anilines is 1. The van der Waals surface area contributed by atoms with Gasteiger partial charge in [-0.25, -0.2) is 8.42 Å². The SMILES string of the molecule is CCCS(=O)(=O)Nc1ccc(CC(N)=O)cc1. The fourth-order valence-corrected chi connectivity index (χ4v) is 2.53. The van der Waals surface area contributed by atoms with Crippen molar-refractivity contribution in [3.63, 3.8) is 0 Å². The largest absolute Gasteiger partial charge is 0.369 e. The average Bonchev–Trinajstić information content (AvgIpc) is 2.19. The number of amides is 1. The van der Waals surface area contributed by atoms with E-state index in [0.29, 0.717) is 12.1 Å². The van der Waals surface area contributed by atoms with E-state index >= 15 is 0 Å². The summed E-state index contributed by atoms with van der Waals surface area (Å²) in [6.07, 6.45) is 0.719. The van der Waals surface area contributed by atoms with Crippen LogP contribution in [0.2, 0.25) is 0 Å². The quantitative estimate of drug-likeness (QED) is 0.791. The maximum Gasteiger partial charge on any atom is 0.232 e. The smallest absolute Gasteiger partial charge is 0.232 e. The zero-order chi connectivity index (χ0) is 12.9. The molecule has 3 N–H and O–H groups in total. The zero-order valence-corrected chi connectivity index (χ0v) is 10.5. The molecule has 0 atom stereocenters. The van der Waals surface area contributed by atoms with Crippen LogP contribution in [0.1, 0.15) is 18.9 Å². The van der Waals surface area contributed by atoms with E-state index in [0.717, 1.165) is 5.56 Å². The van der Waals surface area contributed by atoms with E-state index in [9.17, 15) is 13.2 Å². The minimum absolute atomic E-state index is 0.0933. The van der Waals surface area contributed by atoms with Crippen molar-refractivity contribution in [3.05, 3.63) is 29.8 Å². The van der Waals surface area contributed by atoms with Crippen LogP contribution in [0, 0.1) is 0 Å². The number of rotatable bonds is 6. The second-order valence-electron chi connectivity index (χ2n) is 3.76. The number of nitrogens with one attached hydrogen (secondary N) is 1. The Labute approximate surface area is 101 Å². The summed E-state index contributed by atoms with van der Waals surface area (Å²) >= 11 is 0. The zero-order valence-electron chi connectivity index (χ0n) is 9.64. The lowest BCUT2D eigenvalue weighted by Crippen LogP contribution is -2.16. The molecule has 5 nitrogen and oxygen atoms in total. The van der Waals surface area contributed by atoms with Gasteiger partial charge in [-0.3, -0.25) is 9.52 Å². The lowest BCUT2D eigenvalue weighted by molar-refractivity contribution is -0.117. The van der Waals surface area contributed by atoms with Crippen molar-refractivity contribution in [2.75, 3.05) is 10.5 Å². The van der Waals surface area contributed by atoms with Crippen LogP contribution in [0.3, 0.4) is 0 Å². The summed E-state index contributed by atoms with van der Waals surface area (Å²) < 4.78 is 25.4. The molecule has 17 heavy (non-hydrogen) atoms. The molecule has 94 valence electrons. The molecule has 1 rings (SSSR count). The summed E-state index contributed by atoms with van der Waals surface area (Å²) in [6.45, 7) is 1.80. The van der Waals surface area contributed by atoms with Gasteiger partial charge in [0.2, 0.25) is 15.9 Å². The van der Waals surface area contributed by atoms with E-state index in [1.54, 1.807) is 31.2 Å². The predicted molar refractivity (Wildman–Crippen MR) is 67.0 cm³/mol. The van der Waals surface area contributed by atoms with E-state index in [2.05, 4.69) is 4.72 Å². The van der Waals surface area contributed by atoms with E-state index in [1.165, 1.54) is 0 Å². The molecule has 1 aromatic carbocycles. The third-order valence-corrected chi connectivity index (χ3v) is 3.57. The molecular formula is C11H16N2O3S. The second kappa shape index (κ2) is 5.67. The molecule has 0 aliphatic heterocycles. The molecule has 1 aromatic rings. The number of carbonyl (C=O) groups is 1. The highest BCUT2D eigenvalue weighted by Gasteiger charge is 2.08. The van der Waals surface area contributed by atoms with Gasteiger partial charge < -0.3 is 5.73 Å². The van der Waals surface area contributed by atoms with Crippen LogP contribution in [-0.2, 0) is 21.2 Å². The Hall–Kier alpha value is -1.56. The average molecular weight is 256 g/mol. The van der Waals surface area contributed by atoms with E-state index in [4.69, 9.17) is 5.73 Å². The number of carbonyl (C=O) groups excluding carboxylic acids is 1. The maximum atomic E-state index is 11.5. The first kappa shape index (κ1) is 13.5. The summed E-state index contributed by atoms with van der Waals surface area (Å²) in [6, 6.07) is 6.58. The van der Waals surface area contributed by atoms with Crippen LogP contribution < -0.4 is 10.5 Å². The van der Waals surface area contributed by atoms with Crippen LogP contribution in [-0.4, -0.2) is 20.1 Å². The van der Waals surface area contributed by atoms with E-state index < -0.39 is 15.9 Å². The summed E-state index contributed by atoms with van der Waals surface area (Å²) in [5, 5.41) is 0. The second-order valence-corrected chi connectivity index (χ2v) is 5.60. The van der Waals surface area contributed by atoms with Crippen LogP contribution in [0.15, 0.2) is 24.3 Å². The van der Waals surface area contributed by atoms with Crippen LogP contribution in [0.4, 0.5) is 5.69 Å². The highest BCUT2D eigenvalue weighted by molar-refractivity contribution is 7.92. The molecule has 1 amide bonds. The summed E-state index contributed by atoms with van der Waals surface area (Å²) in [4.78, 5) is 10.7. The van der Waals surface area contributed by atoms with Crippen LogP contribution in [0.5, 0.6) is 0 Å². The Balaban J connectivity index is 2.72. The first-order chi connectivity index (χ1) is 7.93. The van der Waals surface area contributed by atoms with Gasteiger partial charge in [0.05, 0.1) is 12.2 Å². The first-order valence-corrected chi connectivity index (χ1v) is 6.96. The van der Waals surface area contributed by atoms with Crippen molar-refractivity contribution in [3.8, 4) is 0 Å². The lowest BCUT2D eigenvalue weighted by atomic mass is 10.1. The normalized spacial score (nSPS) is 11.1. The minimum atomic E-state index is -3.26. The molecule has 0 aliphatic rings. The maximum absolute atomic E-state index is 11.5. The van der Waals surface area contributed by atoms with Gasteiger partial charge >= 0.3 is 0 Å². The number of benzene rings is 1. The fraction of sp³-hybridized carbons (Fsp3) is 0.364. The predicted octanol–water partition coefficient (Wildman–Crippen LogP) is 0.866. The topological polar surface area (TPSA) is 89.3 Å². The van der Waals surface area contributed by atoms with Gasteiger partial charge in [-0.05, 0) is 24.1 Å². The number of hydrogen-bond acceptors (Lipinski definition) is 3. The number of hydrogen-bond donors (Lipinski definition) is 2. The molecule has 0 fully saturated rings. The van der Waals surface area contributed by atoms with Gasteiger partial charge in [-0.2, -0.15) is 0 Å². The lowest BCUT2D eigenvalue weighted by Gasteiger charge is -2.07. The van der Waals surface area contributed by atoms with Crippen LogP contribution in [0.25, 0.3) is 0 Å². The van der Waals surface area contributed by atoms with E-state index in [-0.39, 0.29) is 12.2 Å². The Morgan fingerprint density at radius 2 is 1.88 bits per heavy atom. The van der Waals surface area contributed by atoms with Gasteiger partial charge in [0.15, 0.2) is 0 Å². The van der Waals surface area contributed by atoms with Crippen molar-refractivity contribution in [2.24, 2.45) is 5.73 Å². The number of primary amides is 1. The fourth-order valence-electron chi connectivity index (χ4n) is 1.39. The molecule has 0 radical (unpaired) electrons. The summed E-state index contributed by atoms with van der Waals surface area (Å²) in [5.41, 5.74) is 6.31. The monoisotopic (exact) mass is 256 g/mol. The molecule has 6 heteroatoms. The third kappa shape index (κ3) is 4.86. The molecule has 0 spiro atoms. The Kier molecular flexibility index (Phi) is 4.51. The minimum Gasteiger partial charge on any atom is -0.369 e. The highest BCUT2D eigenvalue weighted by atomic mass is 32.2. The van der Waals surface area contributed by atoms with Gasteiger partial charge in [-0.15, -0.1) is 0 Å². The Morgan fingerprint density at radius 3 is 2.35 bits per heavy atom. The molecule has 0 saturated carbocycles. The highest BCUT2D eigenvalue weighted by Crippen LogP contribution is 2.12. The van der Waals surface area contributed by atoms with Crippen LogP contribution >= 0.6 is 0 Å². The molecule has 0 aliphatic carbocycles. The molecule has 0 heterocycles. The van der Waals surface area contributed by atoms with Gasteiger partial charge in [0.1, 0.15) is 0 Å². The van der Waals surface area contributed by atoms with Crippen molar-refractivity contribution >= 4 is 21.6 Å². The Morgan fingerprint density at radius 1 is 1.29 bits per heavy atom. The van der Waals surface area contributed by atoms with Gasteiger partial charge in [0, 0.05) is 5.69 Å². The van der Waals surface area contributed by atoms with Crippen molar-refractivity contribution in [1.29, 1.82) is 0 Å². The van der Waals surface area contributed by atoms with Gasteiger partial charge in [-0.1, -0.05) is 19.1 Å². The molecule has 0 bridgehead atoms. The summed E-state index contributed by atoms with van der Waals surface area (Å²) in [7, 11) is -3.26. The Bertz CT molecular complexity index is 480. The molecule has 0 aromatic heterocycles. The van der Waals surface area contributed by atoms with Gasteiger partial charge in [0.25, 0.3) is 0 Å². The van der Waals surface area contributed by atoms with Crippen molar-refractivity contribution in [1.82, 2.24) is 0 Å². The molecule has 0 saturated heterocycles. The standard InChI is InChI=1S/C11H16N2O3S/c1-2-7-17(15,16)13-10-5-3-9(4-6-10)8-11(12)14/h3-6,13H,2,7-8H2,1H3,(H2,12,14). The van der Waals surface area contributed by atoms with E-state index in [1.807, 2.05) is 0 Å². The number of nitrogens with two attached hydrogens (primary N) is 1. The van der Waals surface area contributed by atoms with Crippen molar-refractivity contribution < 1.29 is 13.2 Å². The van der Waals surface area contributed by atoms with Crippen molar-refractivity contribution in [2.45, 2.75) is 19.8 Å².